The first-order chi connectivity index (χ1) is 14.3. The summed E-state index contributed by atoms with van der Waals surface area (Å²) in [5, 5.41) is 0. The molecule has 0 aromatic heterocycles. The molecule has 0 heterocycles. The van der Waals surface area contributed by atoms with Gasteiger partial charge >= 0.3 is 6.18 Å². The van der Waals surface area contributed by atoms with E-state index in [1.54, 1.807) is 54.6 Å². The van der Waals surface area contributed by atoms with E-state index in [4.69, 9.17) is 4.74 Å². The number of hydrogen-bond acceptors (Lipinski definition) is 2. The maximum Gasteiger partial charge on any atom is 0.393 e. The Morgan fingerprint density at radius 1 is 0.933 bits per heavy atom. The molecule has 0 fully saturated rings. The van der Waals surface area contributed by atoms with Crippen molar-refractivity contribution >= 4 is 11.4 Å². The zero-order valence-corrected chi connectivity index (χ0v) is 17.4. The molecule has 0 aliphatic rings. The topological polar surface area (TPSA) is 26.3 Å². The fourth-order valence-corrected chi connectivity index (χ4v) is 3.12. The zero-order valence-electron chi connectivity index (χ0n) is 17.4. The predicted octanol–water partition coefficient (Wildman–Crippen LogP) is 7.41. The normalized spacial score (nSPS) is 11.0. The van der Waals surface area contributed by atoms with Crippen LogP contribution in [0.2, 0.25) is 0 Å². The lowest BCUT2D eigenvalue weighted by Crippen LogP contribution is -2.09. The maximum atomic E-state index is 13.3. The van der Waals surface area contributed by atoms with Crippen LogP contribution in [-0.4, -0.2) is 19.1 Å². The van der Waals surface area contributed by atoms with E-state index in [2.05, 4.69) is 12.7 Å². The molecule has 0 saturated carbocycles. The quantitative estimate of drug-likeness (QED) is 0.174. The second kappa shape index (κ2) is 11.4. The Morgan fingerprint density at radius 3 is 2.17 bits per heavy atom. The third-order valence-electron chi connectivity index (χ3n) is 4.71. The summed E-state index contributed by atoms with van der Waals surface area (Å²) >= 11 is 0. The number of allylic oxidation sites excluding steroid dienone is 1. The summed E-state index contributed by atoms with van der Waals surface area (Å²) in [4.78, 5) is 13.0. The third kappa shape index (κ3) is 7.57. The fraction of sp³-hybridized carbons (Fsp3) is 0.360. The van der Waals surface area contributed by atoms with Crippen LogP contribution in [0.4, 0.5) is 13.2 Å². The highest BCUT2D eigenvalue weighted by atomic mass is 19.4. The number of ether oxygens (including phenoxy) is 1. The summed E-state index contributed by atoms with van der Waals surface area (Å²) < 4.78 is 44.9. The Hall–Kier alpha value is -2.78. The summed E-state index contributed by atoms with van der Waals surface area (Å²) in [5.41, 5.74) is 3.94. The van der Waals surface area contributed by atoms with Crippen molar-refractivity contribution in [1.82, 2.24) is 0 Å². The molecule has 0 amide bonds. The Balaban J connectivity index is 2.53. The highest BCUT2D eigenvalue weighted by Crippen LogP contribution is 2.31. The van der Waals surface area contributed by atoms with E-state index < -0.39 is 12.6 Å². The van der Waals surface area contributed by atoms with Crippen molar-refractivity contribution in [3.8, 4) is 5.75 Å². The number of rotatable bonds is 10. The van der Waals surface area contributed by atoms with Gasteiger partial charge < -0.3 is 4.74 Å². The van der Waals surface area contributed by atoms with Crippen molar-refractivity contribution in [3.05, 3.63) is 77.0 Å². The van der Waals surface area contributed by atoms with Crippen molar-refractivity contribution in [2.24, 2.45) is 0 Å². The maximum absolute atomic E-state index is 13.3. The van der Waals surface area contributed by atoms with Gasteiger partial charge in [0.15, 0.2) is 5.78 Å². The molecule has 0 aliphatic carbocycles. The minimum atomic E-state index is -4.41. The molecule has 0 aliphatic heterocycles. The van der Waals surface area contributed by atoms with E-state index in [0.29, 0.717) is 23.3 Å². The molecule has 0 radical (unpaired) electrons. The summed E-state index contributed by atoms with van der Waals surface area (Å²) in [7, 11) is 1.49. The smallest absolute Gasteiger partial charge is 0.393 e. The van der Waals surface area contributed by atoms with Crippen LogP contribution in [0.25, 0.3) is 5.57 Å². The zero-order chi connectivity index (χ0) is 22.0. The Labute approximate surface area is 176 Å². The largest absolute Gasteiger partial charge is 0.497 e. The monoisotopic (exact) mass is 416 g/mol. The van der Waals surface area contributed by atoms with Crippen LogP contribution in [0.15, 0.2) is 65.9 Å². The lowest BCUT2D eigenvalue weighted by atomic mass is 9.95. The second-order valence-corrected chi connectivity index (χ2v) is 7.11. The van der Waals surface area contributed by atoms with Gasteiger partial charge in [-0.2, -0.15) is 13.2 Å². The average Bonchev–Trinajstić information content (AvgIpc) is 2.74. The number of Topliss-reactive ketones (excluding diaryl/α,β-unsaturated/α-hetero) is 1. The van der Waals surface area contributed by atoms with Crippen molar-refractivity contribution < 1.29 is 22.7 Å². The van der Waals surface area contributed by atoms with E-state index >= 15 is 0 Å². The van der Waals surface area contributed by atoms with Gasteiger partial charge in [0.05, 0.1) is 13.5 Å². The van der Waals surface area contributed by atoms with Crippen molar-refractivity contribution in [2.75, 3.05) is 7.11 Å². The molecule has 30 heavy (non-hydrogen) atoms. The van der Waals surface area contributed by atoms with Gasteiger partial charge in [0.2, 0.25) is 0 Å². The molecule has 2 aromatic rings. The van der Waals surface area contributed by atoms with Crippen molar-refractivity contribution in [3.63, 3.8) is 0 Å². The fourth-order valence-electron chi connectivity index (χ4n) is 3.12. The van der Waals surface area contributed by atoms with E-state index in [-0.39, 0.29) is 16.9 Å². The molecular weight excluding hydrogens is 389 g/mol. The van der Waals surface area contributed by atoms with Crippen LogP contribution in [0.5, 0.6) is 5.75 Å². The lowest BCUT2D eigenvalue weighted by molar-refractivity contribution is -0.122. The minimum Gasteiger partial charge on any atom is -0.497 e. The summed E-state index contributed by atoms with van der Waals surface area (Å²) in [6.07, 6.45) is -1.47. The first-order valence-electron chi connectivity index (χ1n) is 10.1. The molecule has 0 atom stereocenters. The van der Waals surface area contributed by atoms with Gasteiger partial charge in [-0.1, -0.05) is 68.7 Å². The number of unbranched alkanes of at least 4 members (excludes halogenated alkanes) is 3. The summed E-state index contributed by atoms with van der Waals surface area (Å²) in [6.45, 7) is 2.08. The van der Waals surface area contributed by atoms with Gasteiger partial charge in [-0.3, -0.25) is 4.79 Å². The van der Waals surface area contributed by atoms with Gasteiger partial charge in [0, 0.05) is 16.7 Å². The van der Waals surface area contributed by atoms with E-state index in [1.165, 1.54) is 7.11 Å². The van der Waals surface area contributed by atoms with Crippen LogP contribution in [-0.2, 0) is 0 Å². The van der Waals surface area contributed by atoms with Crippen LogP contribution >= 0.6 is 0 Å². The number of alkyl halides is 3. The molecule has 5 heteroatoms. The lowest BCUT2D eigenvalue weighted by Gasteiger charge is -2.11. The number of methoxy groups -OCH3 is 1. The molecule has 2 rings (SSSR count). The van der Waals surface area contributed by atoms with Crippen molar-refractivity contribution in [1.29, 1.82) is 0 Å². The second-order valence-electron chi connectivity index (χ2n) is 7.11. The van der Waals surface area contributed by atoms with Gasteiger partial charge in [0.1, 0.15) is 5.75 Å². The first-order valence-corrected chi connectivity index (χ1v) is 10.1. The Bertz CT molecular complexity index is 875. The van der Waals surface area contributed by atoms with E-state index in [9.17, 15) is 18.0 Å². The Kier molecular flexibility index (Phi) is 8.94. The SMILES string of the molecule is CCCCCCC(=C=C(CC(F)(F)F)c1ccc(OC)cc1)C(=O)c1ccccc1. The molecule has 0 unspecified atom stereocenters. The number of hydrogen-bond donors (Lipinski definition) is 0. The first kappa shape index (κ1) is 23.5. The molecule has 0 saturated heterocycles. The van der Waals surface area contributed by atoms with Gasteiger partial charge in [-0.15, -0.1) is 5.73 Å². The molecule has 2 nitrogen and oxygen atoms in total. The van der Waals surface area contributed by atoms with Gasteiger partial charge in [-0.25, -0.2) is 0 Å². The average molecular weight is 416 g/mol. The molecular formula is C25H27F3O2. The van der Waals surface area contributed by atoms with Crippen LogP contribution in [0, 0.1) is 0 Å². The summed E-state index contributed by atoms with van der Waals surface area (Å²) in [6, 6.07) is 15.0. The van der Waals surface area contributed by atoms with E-state index in [0.717, 1.165) is 25.7 Å². The molecule has 2 aromatic carbocycles. The van der Waals surface area contributed by atoms with Crippen LogP contribution in [0.3, 0.4) is 0 Å². The Morgan fingerprint density at radius 2 is 1.60 bits per heavy atom. The number of benzene rings is 2. The molecule has 160 valence electrons. The number of carbonyl (C=O) groups is 1. The van der Waals surface area contributed by atoms with Gasteiger partial charge in [-0.05, 0) is 30.5 Å². The third-order valence-corrected chi connectivity index (χ3v) is 4.71. The number of ketones is 1. The molecule has 0 spiro atoms. The van der Waals surface area contributed by atoms with E-state index in [1.807, 2.05) is 0 Å². The molecule has 0 N–H and O–H groups in total. The summed E-state index contributed by atoms with van der Waals surface area (Å²) in [5.74, 6) is 0.273. The van der Waals surface area contributed by atoms with Crippen molar-refractivity contribution in [2.45, 2.75) is 51.6 Å². The number of carbonyl (C=O) groups excluding carboxylic acids is 1. The predicted molar refractivity (Wildman–Crippen MR) is 114 cm³/mol. The van der Waals surface area contributed by atoms with Gasteiger partial charge in [0.25, 0.3) is 0 Å². The minimum absolute atomic E-state index is 0.0417. The van der Waals surface area contributed by atoms with Crippen LogP contribution in [0.1, 0.15) is 61.4 Å². The highest BCUT2D eigenvalue weighted by molar-refractivity contribution is 6.09. The van der Waals surface area contributed by atoms with Crippen LogP contribution < -0.4 is 4.74 Å². The highest BCUT2D eigenvalue weighted by Gasteiger charge is 2.30. The number of halogens is 3. The molecule has 0 bridgehead atoms. The standard InChI is InChI=1S/C25H27F3O2/c1-3-4-5-7-12-21(24(29)20-10-8-6-9-11-20)17-22(18-25(26,27)28)19-13-15-23(30-2)16-14-19/h6,8-11,13-16H,3-5,7,12,18H2,1-2H3.